The summed E-state index contributed by atoms with van der Waals surface area (Å²) in [6.07, 6.45) is 6.38. The second-order valence-electron chi connectivity index (χ2n) is 18.8. The molecule has 266 valence electrons. The van der Waals surface area contributed by atoms with E-state index in [1.54, 1.807) is 5.57 Å². The van der Waals surface area contributed by atoms with Gasteiger partial charge in [0.25, 0.3) is 0 Å². The molecule has 51 heavy (non-hydrogen) atoms. The van der Waals surface area contributed by atoms with E-state index < -0.39 is 0 Å². The van der Waals surface area contributed by atoms with Crippen LogP contribution < -0.4 is 24.8 Å². The molecule has 3 atom stereocenters. The zero-order chi connectivity index (χ0) is 34.6. The van der Waals surface area contributed by atoms with Gasteiger partial charge in [-0.15, -0.1) is 0 Å². The van der Waals surface area contributed by atoms with Gasteiger partial charge in [-0.05, 0) is 86.6 Å². The molecule has 0 aromatic heterocycles. The Balaban J connectivity index is 0.00000194. The summed E-state index contributed by atoms with van der Waals surface area (Å²) in [7, 11) is 0. The molecule has 0 N–H and O–H groups in total. The van der Waals surface area contributed by atoms with Crippen molar-refractivity contribution in [1.29, 1.82) is 0 Å². The second-order valence-corrected chi connectivity index (χ2v) is 18.8. The van der Waals surface area contributed by atoms with Crippen molar-refractivity contribution in [3.8, 4) is 11.1 Å². The molecule has 4 aromatic rings. The first-order chi connectivity index (χ1) is 22.3. The molecule has 7 rings (SSSR count). The van der Waals surface area contributed by atoms with Crippen LogP contribution in [0.3, 0.4) is 0 Å². The number of hydrogen-bond donors (Lipinski definition) is 0. The van der Waals surface area contributed by atoms with E-state index >= 15 is 0 Å². The molecule has 0 spiro atoms. The number of benzene rings is 4. The molecule has 0 nitrogen and oxygen atoms in total. The first kappa shape index (κ1) is 41.6. The fraction of sp³-hybridized carbons (Fsp3) is 0.417. The van der Waals surface area contributed by atoms with Crippen LogP contribution in [0.4, 0.5) is 0 Å². The van der Waals surface area contributed by atoms with Crippen LogP contribution in [-0.2, 0) is 47.9 Å². The van der Waals surface area contributed by atoms with E-state index in [1.807, 2.05) is 0 Å². The molecule has 3 unspecified atom stereocenters. The standard InChI is InChI=1S/C48H56.2ClH.Zr/c1-30-13-17-32(18-14-30)47(12)29-48(33-19-15-31(2)16-20-33,42-28-36(27-41(42)47)46(9,10)11)43-39-25-34(44(3,4)5)21-23-37(39)38-24-22-35(26-40(38)43)45(6,7)8;;;/h13-28,42-43H,29H2,1-12H3;2*1H;/q;;;+2/p-2. The molecule has 0 saturated heterocycles. The summed E-state index contributed by atoms with van der Waals surface area (Å²) in [5.74, 6) is 0.493. The molecule has 0 aliphatic heterocycles. The Bertz CT molecular complexity index is 1910. The van der Waals surface area contributed by atoms with Crippen molar-refractivity contribution in [2.45, 2.75) is 117 Å². The van der Waals surface area contributed by atoms with E-state index in [4.69, 9.17) is 0 Å². The Kier molecular flexibility index (Phi) is 11.3. The Labute approximate surface area is 341 Å². The topological polar surface area (TPSA) is 0 Å². The average molecular weight is 795 g/mol. The van der Waals surface area contributed by atoms with Gasteiger partial charge in [-0.3, -0.25) is 0 Å². The summed E-state index contributed by atoms with van der Waals surface area (Å²) in [5, 5.41) is 0. The molecule has 0 bridgehead atoms. The molecular formula is C48H56Cl2Zr. The maximum Gasteiger partial charge on any atom is 2.00 e. The largest absolute Gasteiger partial charge is 2.00 e. The molecular weight excluding hydrogens is 739 g/mol. The van der Waals surface area contributed by atoms with Crippen LogP contribution in [-0.4, -0.2) is 0 Å². The van der Waals surface area contributed by atoms with Crippen molar-refractivity contribution in [1.82, 2.24) is 0 Å². The summed E-state index contributed by atoms with van der Waals surface area (Å²) >= 11 is 0. The van der Waals surface area contributed by atoms with Crippen LogP contribution in [0.5, 0.6) is 0 Å². The van der Waals surface area contributed by atoms with Crippen molar-refractivity contribution in [2.75, 3.05) is 0 Å². The van der Waals surface area contributed by atoms with Crippen LogP contribution in [0, 0.1) is 25.2 Å². The van der Waals surface area contributed by atoms with Gasteiger partial charge in [0.05, 0.1) is 0 Å². The van der Waals surface area contributed by atoms with E-state index in [1.165, 1.54) is 61.2 Å². The molecule has 3 aliphatic carbocycles. The van der Waals surface area contributed by atoms with Crippen LogP contribution in [0.2, 0.25) is 0 Å². The molecule has 0 amide bonds. The minimum Gasteiger partial charge on any atom is -1.00 e. The van der Waals surface area contributed by atoms with Gasteiger partial charge in [-0.1, -0.05) is 183 Å². The van der Waals surface area contributed by atoms with Gasteiger partial charge in [0, 0.05) is 22.7 Å². The maximum atomic E-state index is 2.70. The molecule has 3 heteroatoms. The smallest absolute Gasteiger partial charge is 1.00 e. The predicted molar refractivity (Wildman–Crippen MR) is 206 cm³/mol. The minimum absolute atomic E-state index is 0. The van der Waals surface area contributed by atoms with Gasteiger partial charge >= 0.3 is 26.2 Å². The Morgan fingerprint density at radius 1 is 0.569 bits per heavy atom. The van der Waals surface area contributed by atoms with Crippen LogP contribution in [0.25, 0.3) is 11.1 Å². The number of aryl methyl sites for hydroxylation is 2. The van der Waals surface area contributed by atoms with E-state index in [9.17, 15) is 0 Å². The van der Waals surface area contributed by atoms with Crippen LogP contribution >= 0.6 is 0 Å². The monoisotopic (exact) mass is 792 g/mol. The summed E-state index contributed by atoms with van der Waals surface area (Å²) in [4.78, 5) is 0. The minimum atomic E-state index is -0.181. The van der Waals surface area contributed by atoms with Crippen LogP contribution in [0.15, 0.2) is 108 Å². The quantitative estimate of drug-likeness (QED) is 0.213. The normalized spacial score (nSPS) is 22.5. The fourth-order valence-electron chi connectivity index (χ4n) is 9.30. The van der Waals surface area contributed by atoms with Gasteiger partial charge in [-0.2, -0.15) is 0 Å². The number of allylic oxidation sites excluding steroid dienone is 4. The second kappa shape index (κ2) is 13.9. The van der Waals surface area contributed by atoms with Crippen molar-refractivity contribution >= 4 is 0 Å². The van der Waals surface area contributed by atoms with E-state index in [0.717, 1.165) is 6.42 Å². The predicted octanol–water partition coefficient (Wildman–Crippen LogP) is 6.84. The van der Waals surface area contributed by atoms with Crippen molar-refractivity contribution in [2.24, 2.45) is 11.3 Å². The maximum absolute atomic E-state index is 2.70. The number of rotatable bonds is 3. The molecule has 0 radical (unpaired) electrons. The van der Waals surface area contributed by atoms with E-state index in [2.05, 4.69) is 180 Å². The SMILES string of the molecule is Cc1ccc(C2(C)CC(c3ccc(C)cc3)(C3c4cc(C(C)(C)C)ccc4-c4ccc(C(C)(C)C)cc43)C3C=C(C(C)(C)C)C=C32)cc1.[Cl-].[Cl-].[Zr+2]. The van der Waals surface area contributed by atoms with E-state index in [0.29, 0.717) is 0 Å². The third-order valence-electron chi connectivity index (χ3n) is 12.2. The third-order valence-corrected chi connectivity index (χ3v) is 12.2. The van der Waals surface area contributed by atoms with Crippen molar-refractivity contribution in [3.05, 3.63) is 153 Å². The molecule has 1 saturated carbocycles. The summed E-state index contributed by atoms with van der Waals surface area (Å²) in [6.45, 7) is 28.3. The molecule has 3 aliphatic rings. The summed E-state index contributed by atoms with van der Waals surface area (Å²) in [6, 6.07) is 34.0. The summed E-state index contributed by atoms with van der Waals surface area (Å²) < 4.78 is 0. The number of fused-ring (bicyclic) bond motifs is 4. The summed E-state index contributed by atoms with van der Waals surface area (Å²) in [5.41, 5.74) is 17.2. The van der Waals surface area contributed by atoms with Crippen molar-refractivity contribution in [3.63, 3.8) is 0 Å². The number of halogens is 2. The van der Waals surface area contributed by atoms with Gasteiger partial charge in [0.1, 0.15) is 0 Å². The first-order valence-electron chi connectivity index (χ1n) is 18.2. The van der Waals surface area contributed by atoms with Gasteiger partial charge in [0.15, 0.2) is 0 Å². The fourth-order valence-corrected chi connectivity index (χ4v) is 9.30. The third kappa shape index (κ3) is 6.77. The van der Waals surface area contributed by atoms with Gasteiger partial charge < -0.3 is 24.8 Å². The average Bonchev–Trinajstić information content (AvgIpc) is 3.67. The van der Waals surface area contributed by atoms with Gasteiger partial charge in [0.2, 0.25) is 0 Å². The van der Waals surface area contributed by atoms with Crippen molar-refractivity contribution < 1.29 is 51.0 Å². The Hall–Kier alpha value is -2.18. The first-order valence-corrected chi connectivity index (χ1v) is 18.2. The van der Waals surface area contributed by atoms with Crippen LogP contribution in [0.1, 0.15) is 126 Å². The Morgan fingerprint density at radius 2 is 1.00 bits per heavy atom. The van der Waals surface area contributed by atoms with Gasteiger partial charge in [-0.25, -0.2) is 0 Å². The molecule has 4 aromatic carbocycles. The number of hydrogen-bond acceptors (Lipinski definition) is 0. The van der Waals surface area contributed by atoms with E-state index in [-0.39, 0.29) is 89.9 Å². The molecule has 0 heterocycles. The zero-order valence-electron chi connectivity index (χ0n) is 32.9. The zero-order valence-corrected chi connectivity index (χ0v) is 36.8. The Morgan fingerprint density at radius 3 is 1.41 bits per heavy atom. The molecule has 1 fully saturated rings.